The SMILES string of the molecule is CCN1CCC[C@H](NC(=O)c2cn[nH]c2-c2ccccc2)C1. The van der Waals surface area contributed by atoms with Gasteiger partial charge in [0.1, 0.15) is 0 Å². The molecule has 1 aliphatic heterocycles. The number of likely N-dealkylation sites (N-methyl/N-ethyl adjacent to an activating group) is 1. The van der Waals surface area contributed by atoms with Gasteiger partial charge in [0.25, 0.3) is 5.91 Å². The smallest absolute Gasteiger partial charge is 0.255 e. The minimum Gasteiger partial charge on any atom is -0.348 e. The molecule has 3 rings (SSSR count). The van der Waals surface area contributed by atoms with Crippen molar-refractivity contribution in [2.45, 2.75) is 25.8 Å². The Labute approximate surface area is 130 Å². The van der Waals surface area contributed by atoms with Gasteiger partial charge in [-0.3, -0.25) is 9.89 Å². The predicted molar refractivity (Wildman–Crippen MR) is 86.6 cm³/mol. The van der Waals surface area contributed by atoms with E-state index in [1.54, 1.807) is 6.20 Å². The van der Waals surface area contributed by atoms with E-state index in [0.29, 0.717) is 5.56 Å². The van der Waals surface area contributed by atoms with E-state index in [1.165, 1.54) is 0 Å². The van der Waals surface area contributed by atoms with Crippen LogP contribution in [-0.2, 0) is 0 Å². The molecular weight excluding hydrogens is 276 g/mol. The third-order valence-electron chi connectivity index (χ3n) is 4.23. The largest absolute Gasteiger partial charge is 0.348 e. The van der Waals surface area contributed by atoms with Gasteiger partial charge in [-0.1, -0.05) is 37.3 Å². The number of hydrogen-bond donors (Lipinski definition) is 2. The summed E-state index contributed by atoms with van der Waals surface area (Å²) < 4.78 is 0. The molecule has 1 amide bonds. The van der Waals surface area contributed by atoms with Crippen molar-refractivity contribution < 1.29 is 4.79 Å². The van der Waals surface area contributed by atoms with Crippen LogP contribution in [0.3, 0.4) is 0 Å². The third kappa shape index (κ3) is 3.20. The van der Waals surface area contributed by atoms with Crippen LogP contribution in [0.4, 0.5) is 0 Å². The number of nitrogens with one attached hydrogen (secondary N) is 2. The fraction of sp³-hybridized carbons (Fsp3) is 0.412. The Morgan fingerprint density at radius 2 is 2.23 bits per heavy atom. The van der Waals surface area contributed by atoms with E-state index in [4.69, 9.17) is 0 Å². The summed E-state index contributed by atoms with van der Waals surface area (Å²) in [6.45, 7) is 5.26. The van der Waals surface area contributed by atoms with Gasteiger partial charge >= 0.3 is 0 Å². The van der Waals surface area contributed by atoms with E-state index in [9.17, 15) is 4.79 Å². The minimum atomic E-state index is -0.0458. The summed E-state index contributed by atoms with van der Waals surface area (Å²) in [6.07, 6.45) is 3.79. The normalized spacial score (nSPS) is 19.0. The van der Waals surface area contributed by atoms with Gasteiger partial charge in [-0.25, -0.2) is 0 Å². The van der Waals surface area contributed by atoms with Crippen LogP contribution in [0.25, 0.3) is 11.3 Å². The second kappa shape index (κ2) is 6.75. The molecule has 2 aromatic rings. The average Bonchev–Trinajstić information content (AvgIpc) is 3.05. The molecule has 1 fully saturated rings. The van der Waals surface area contributed by atoms with Gasteiger partial charge in [0.15, 0.2) is 0 Å². The van der Waals surface area contributed by atoms with Gasteiger partial charge in [0, 0.05) is 18.2 Å². The molecule has 0 radical (unpaired) electrons. The van der Waals surface area contributed by atoms with Crippen LogP contribution in [0.5, 0.6) is 0 Å². The highest BCUT2D eigenvalue weighted by Crippen LogP contribution is 2.21. The summed E-state index contributed by atoms with van der Waals surface area (Å²) in [5.41, 5.74) is 2.37. The Morgan fingerprint density at radius 3 is 3.00 bits per heavy atom. The van der Waals surface area contributed by atoms with Gasteiger partial charge in [-0.05, 0) is 25.9 Å². The Balaban J connectivity index is 1.72. The van der Waals surface area contributed by atoms with Gasteiger partial charge in [0.05, 0.1) is 17.5 Å². The van der Waals surface area contributed by atoms with Crippen molar-refractivity contribution in [3.63, 3.8) is 0 Å². The fourth-order valence-corrected chi connectivity index (χ4v) is 3.01. The Hall–Kier alpha value is -2.14. The van der Waals surface area contributed by atoms with Crippen LogP contribution >= 0.6 is 0 Å². The van der Waals surface area contributed by atoms with Crippen molar-refractivity contribution in [3.05, 3.63) is 42.1 Å². The molecule has 22 heavy (non-hydrogen) atoms. The second-order valence-electron chi connectivity index (χ2n) is 5.73. The lowest BCUT2D eigenvalue weighted by atomic mass is 10.0. The highest BCUT2D eigenvalue weighted by molar-refractivity contribution is 5.99. The number of amides is 1. The first-order valence-corrected chi connectivity index (χ1v) is 7.90. The maximum Gasteiger partial charge on any atom is 0.255 e. The number of aromatic nitrogens is 2. The molecule has 1 saturated heterocycles. The molecule has 5 nitrogen and oxygen atoms in total. The van der Waals surface area contributed by atoms with Gasteiger partial charge < -0.3 is 10.2 Å². The molecule has 1 aliphatic rings. The standard InChI is InChI=1S/C17H22N4O/c1-2-21-10-6-9-14(12-21)19-17(22)15-11-18-20-16(15)13-7-4-3-5-8-13/h3-5,7-8,11,14H,2,6,9-10,12H2,1H3,(H,18,20)(H,19,22)/t14-/m0/s1. The summed E-state index contributed by atoms with van der Waals surface area (Å²) in [5, 5.41) is 10.1. The number of nitrogens with zero attached hydrogens (tertiary/aromatic N) is 2. The summed E-state index contributed by atoms with van der Waals surface area (Å²) in [4.78, 5) is 15.0. The van der Waals surface area contributed by atoms with Crippen LogP contribution in [-0.4, -0.2) is 46.7 Å². The zero-order valence-electron chi connectivity index (χ0n) is 12.9. The van der Waals surface area contributed by atoms with Crippen LogP contribution in [0.2, 0.25) is 0 Å². The summed E-state index contributed by atoms with van der Waals surface area (Å²) >= 11 is 0. The summed E-state index contributed by atoms with van der Waals surface area (Å²) in [5.74, 6) is -0.0458. The third-order valence-corrected chi connectivity index (χ3v) is 4.23. The zero-order chi connectivity index (χ0) is 15.4. The van der Waals surface area contributed by atoms with Gasteiger partial charge in [-0.15, -0.1) is 0 Å². The van der Waals surface area contributed by atoms with Crippen molar-refractivity contribution in [1.82, 2.24) is 20.4 Å². The van der Waals surface area contributed by atoms with Gasteiger partial charge in [-0.2, -0.15) is 5.10 Å². The number of piperidine rings is 1. The number of rotatable bonds is 4. The molecule has 5 heteroatoms. The minimum absolute atomic E-state index is 0.0458. The van der Waals surface area contributed by atoms with Gasteiger partial charge in [0.2, 0.25) is 0 Å². The first kappa shape index (κ1) is 14.8. The van der Waals surface area contributed by atoms with Crippen molar-refractivity contribution in [1.29, 1.82) is 0 Å². The molecular formula is C17H22N4O. The fourth-order valence-electron chi connectivity index (χ4n) is 3.01. The molecule has 0 unspecified atom stereocenters. The summed E-state index contributed by atoms with van der Waals surface area (Å²) in [7, 11) is 0. The number of benzene rings is 1. The zero-order valence-corrected chi connectivity index (χ0v) is 12.9. The Bertz CT molecular complexity index is 623. The predicted octanol–water partition coefficient (Wildman–Crippen LogP) is 2.29. The highest BCUT2D eigenvalue weighted by atomic mass is 16.1. The number of hydrogen-bond acceptors (Lipinski definition) is 3. The van der Waals surface area contributed by atoms with Crippen LogP contribution in [0.15, 0.2) is 36.5 Å². The molecule has 2 heterocycles. The van der Waals surface area contributed by atoms with Crippen LogP contribution < -0.4 is 5.32 Å². The Kier molecular flexibility index (Phi) is 4.53. The van der Waals surface area contributed by atoms with E-state index in [0.717, 1.165) is 43.7 Å². The molecule has 1 atom stereocenters. The lowest BCUT2D eigenvalue weighted by Crippen LogP contribution is -2.47. The van der Waals surface area contributed by atoms with E-state index >= 15 is 0 Å². The van der Waals surface area contributed by atoms with E-state index in [1.807, 2.05) is 30.3 Å². The number of aromatic amines is 1. The molecule has 0 aliphatic carbocycles. The topological polar surface area (TPSA) is 61.0 Å². The van der Waals surface area contributed by atoms with Crippen molar-refractivity contribution in [2.75, 3.05) is 19.6 Å². The van der Waals surface area contributed by atoms with E-state index in [2.05, 4.69) is 27.3 Å². The highest BCUT2D eigenvalue weighted by Gasteiger charge is 2.22. The average molecular weight is 298 g/mol. The van der Waals surface area contributed by atoms with Crippen LogP contribution in [0, 0.1) is 0 Å². The lowest BCUT2D eigenvalue weighted by molar-refractivity contribution is 0.0906. The number of likely N-dealkylation sites (tertiary alicyclic amines) is 1. The van der Waals surface area contributed by atoms with E-state index in [-0.39, 0.29) is 11.9 Å². The molecule has 2 N–H and O–H groups in total. The molecule has 0 bridgehead atoms. The maximum absolute atomic E-state index is 12.6. The first-order chi connectivity index (χ1) is 10.8. The first-order valence-electron chi connectivity index (χ1n) is 7.90. The molecule has 116 valence electrons. The molecule has 0 saturated carbocycles. The Morgan fingerprint density at radius 1 is 1.41 bits per heavy atom. The van der Waals surface area contributed by atoms with E-state index < -0.39 is 0 Å². The maximum atomic E-state index is 12.6. The molecule has 1 aromatic heterocycles. The summed E-state index contributed by atoms with van der Waals surface area (Å²) in [6, 6.07) is 10.0. The number of H-pyrrole nitrogens is 1. The van der Waals surface area contributed by atoms with Crippen molar-refractivity contribution in [2.24, 2.45) is 0 Å². The van der Waals surface area contributed by atoms with Crippen LogP contribution in [0.1, 0.15) is 30.1 Å². The molecule has 1 aromatic carbocycles. The quantitative estimate of drug-likeness (QED) is 0.910. The van der Waals surface area contributed by atoms with Crippen molar-refractivity contribution >= 4 is 5.91 Å². The lowest BCUT2D eigenvalue weighted by Gasteiger charge is -2.32. The number of carbonyl (C=O) groups is 1. The molecule has 0 spiro atoms. The monoisotopic (exact) mass is 298 g/mol. The second-order valence-corrected chi connectivity index (χ2v) is 5.73. The number of carbonyl (C=O) groups excluding carboxylic acids is 1. The van der Waals surface area contributed by atoms with Crippen molar-refractivity contribution in [3.8, 4) is 11.3 Å².